The van der Waals surface area contributed by atoms with Gasteiger partial charge in [-0.3, -0.25) is 4.79 Å². The zero-order chi connectivity index (χ0) is 21.2. The number of carbonyl (C=O) groups is 1. The minimum absolute atomic E-state index is 0.218. The second kappa shape index (κ2) is 7.95. The Kier molecular flexibility index (Phi) is 4.84. The molecule has 5 heteroatoms. The van der Waals surface area contributed by atoms with Crippen molar-refractivity contribution in [1.29, 1.82) is 0 Å². The van der Waals surface area contributed by atoms with E-state index in [0.717, 1.165) is 27.7 Å². The van der Waals surface area contributed by atoms with Gasteiger partial charge in [-0.2, -0.15) is 0 Å². The van der Waals surface area contributed by atoms with Crippen molar-refractivity contribution in [3.8, 4) is 17.0 Å². The number of hydrogen-bond acceptors (Lipinski definition) is 3. The summed E-state index contributed by atoms with van der Waals surface area (Å²) >= 11 is 0. The molecule has 1 atom stereocenters. The quantitative estimate of drug-likeness (QED) is 0.415. The van der Waals surface area contributed by atoms with Crippen LogP contribution in [0.3, 0.4) is 0 Å². The average Bonchev–Trinajstić information content (AvgIpc) is 3.24. The fraction of sp³-hybridized carbons (Fsp3) is 0.0769. The maximum absolute atomic E-state index is 12.9. The van der Waals surface area contributed by atoms with E-state index < -0.39 is 6.10 Å². The Morgan fingerprint density at radius 3 is 2.61 bits per heavy atom. The Morgan fingerprint density at radius 2 is 1.71 bits per heavy atom. The Labute approximate surface area is 179 Å². The van der Waals surface area contributed by atoms with Gasteiger partial charge in [-0.15, -0.1) is 0 Å². The molecule has 1 amide bonds. The molecule has 1 N–H and O–H groups in total. The highest BCUT2D eigenvalue weighted by molar-refractivity contribution is 5.98. The molecule has 31 heavy (non-hydrogen) atoms. The molecule has 152 valence electrons. The van der Waals surface area contributed by atoms with Crippen LogP contribution in [0.1, 0.15) is 6.92 Å². The molecule has 5 nitrogen and oxygen atoms in total. The number of ether oxygens (including phenoxy) is 1. The van der Waals surface area contributed by atoms with Gasteiger partial charge in [0.05, 0.1) is 11.4 Å². The van der Waals surface area contributed by atoms with E-state index in [1.807, 2.05) is 102 Å². The number of rotatable bonds is 5. The minimum atomic E-state index is -0.667. The summed E-state index contributed by atoms with van der Waals surface area (Å²) in [6.45, 7) is 1.75. The molecule has 2 heterocycles. The van der Waals surface area contributed by atoms with Gasteiger partial charge in [-0.05, 0) is 36.6 Å². The van der Waals surface area contributed by atoms with Crippen molar-refractivity contribution in [2.24, 2.45) is 0 Å². The Balaban J connectivity index is 1.39. The first-order valence-electron chi connectivity index (χ1n) is 10.2. The highest BCUT2D eigenvalue weighted by Crippen LogP contribution is 2.29. The lowest BCUT2D eigenvalue weighted by Crippen LogP contribution is -2.30. The summed E-state index contributed by atoms with van der Waals surface area (Å²) in [6.07, 6.45) is 3.24. The van der Waals surface area contributed by atoms with E-state index in [9.17, 15) is 4.79 Å². The lowest BCUT2D eigenvalue weighted by atomic mass is 10.1. The van der Waals surface area contributed by atoms with Crippen molar-refractivity contribution >= 4 is 28.0 Å². The molecule has 2 aromatic heterocycles. The molecule has 0 saturated carbocycles. The second-order valence-corrected chi connectivity index (χ2v) is 7.36. The number of pyridine rings is 1. The topological polar surface area (TPSA) is 55.6 Å². The van der Waals surface area contributed by atoms with Crippen LogP contribution in [-0.4, -0.2) is 21.4 Å². The van der Waals surface area contributed by atoms with Gasteiger partial charge in [0, 0.05) is 23.3 Å². The summed E-state index contributed by atoms with van der Waals surface area (Å²) in [6, 6.07) is 27.3. The molecule has 5 aromatic rings. The number of anilines is 1. The fourth-order valence-electron chi connectivity index (χ4n) is 3.66. The molecule has 0 aliphatic carbocycles. The zero-order valence-electron chi connectivity index (χ0n) is 17.0. The molecule has 0 radical (unpaired) electrons. The first-order valence-corrected chi connectivity index (χ1v) is 10.2. The van der Waals surface area contributed by atoms with Gasteiger partial charge in [0.25, 0.3) is 5.91 Å². The lowest BCUT2D eigenvalue weighted by molar-refractivity contribution is -0.122. The normalized spacial score (nSPS) is 12.0. The summed E-state index contributed by atoms with van der Waals surface area (Å²) in [5, 5.41) is 5.06. The van der Waals surface area contributed by atoms with Gasteiger partial charge in [0.15, 0.2) is 6.10 Å². The Bertz CT molecular complexity index is 1350. The standard InChI is InChI=1S/C26H21N3O2/c1-18(31-24-14-8-10-19-9-2-3-11-20(19)24)26(30)28-22-13-5-4-12-21(22)23-17-29-16-7-6-15-25(29)27-23/h2-18H,1H3,(H,28,30). The number of benzene rings is 3. The van der Waals surface area contributed by atoms with Gasteiger partial charge < -0.3 is 14.5 Å². The number of hydrogen-bond donors (Lipinski definition) is 1. The molecule has 0 saturated heterocycles. The Hall–Kier alpha value is -4.12. The summed E-state index contributed by atoms with van der Waals surface area (Å²) in [4.78, 5) is 17.6. The monoisotopic (exact) mass is 407 g/mol. The van der Waals surface area contributed by atoms with Crippen molar-refractivity contribution in [3.05, 3.63) is 97.3 Å². The molecular weight excluding hydrogens is 386 g/mol. The highest BCUT2D eigenvalue weighted by Gasteiger charge is 2.18. The molecule has 3 aromatic carbocycles. The average molecular weight is 407 g/mol. The first-order chi connectivity index (χ1) is 15.2. The van der Waals surface area contributed by atoms with Gasteiger partial charge in [-0.1, -0.05) is 60.7 Å². The van der Waals surface area contributed by atoms with Crippen molar-refractivity contribution in [2.75, 3.05) is 5.32 Å². The number of para-hydroxylation sites is 1. The molecule has 0 bridgehead atoms. The second-order valence-electron chi connectivity index (χ2n) is 7.36. The molecule has 0 spiro atoms. The lowest BCUT2D eigenvalue weighted by Gasteiger charge is -2.17. The number of aromatic nitrogens is 2. The highest BCUT2D eigenvalue weighted by atomic mass is 16.5. The number of fused-ring (bicyclic) bond motifs is 2. The summed E-state index contributed by atoms with van der Waals surface area (Å²) in [5.74, 6) is 0.471. The van der Waals surface area contributed by atoms with E-state index in [4.69, 9.17) is 4.74 Å². The van der Waals surface area contributed by atoms with E-state index in [0.29, 0.717) is 11.4 Å². The van der Waals surface area contributed by atoms with Crippen molar-refractivity contribution < 1.29 is 9.53 Å². The van der Waals surface area contributed by atoms with Crippen molar-refractivity contribution in [3.63, 3.8) is 0 Å². The van der Waals surface area contributed by atoms with E-state index in [2.05, 4.69) is 10.3 Å². The number of imidazole rings is 1. The van der Waals surface area contributed by atoms with Gasteiger partial charge >= 0.3 is 0 Å². The molecule has 0 fully saturated rings. The van der Waals surface area contributed by atoms with Gasteiger partial charge in [-0.25, -0.2) is 4.98 Å². The molecular formula is C26H21N3O2. The number of carbonyl (C=O) groups excluding carboxylic acids is 1. The van der Waals surface area contributed by atoms with E-state index >= 15 is 0 Å². The molecule has 5 rings (SSSR count). The third-order valence-corrected chi connectivity index (χ3v) is 5.25. The third-order valence-electron chi connectivity index (χ3n) is 5.25. The van der Waals surface area contributed by atoms with Gasteiger partial charge in [0.2, 0.25) is 0 Å². The summed E-state index contributed by atoms with van der Waals surface area (Å²) < 4.78 is 7.98. The summed E-state index contributed by atoms with van der Waals surface area (Å²) in [7, 11) is 0. The van der Waals surface area contributed by atoms with Crippen molar-refractivity contribution in [1.82, 2.24) is 9.38 Å². The van der Waals surface area contributed by atoms with Crippen LogP contribution in [-0.2, 0) is 4.79 Å². The predicted octanol–water partition coefficient (Wildman–Crippen LogP) is 5.56. The van der Waals surface area contributed by atoms with Crippen LogP contribution in [0.4, 0.5) is 5.69 Å². The van der Waals surface area contributed by atoms with Crippen LogP contribution in [0.2, 0.25) is 0 Å². The van der Waals surface area contributed by atoms with Crippen LogP contribution < -0.4 is 10.1 Å². The van der Waals surface area contributed by atoms with Crippen LogP contribution in [0.15, 0.2) is 97.3 Å². The third kappa shape index (κ3) is 3.73. The largest absolute Gasteiger partial charge is 0.480 e. The number of amides is 1. The first kappa shape index (κ1) is 18.9. The predicted molar refractivity (Wildman–Crippen MR) is 123 cm³/mol. The molecule has 0 aliphatic heterocycles. The van der Waals surface area contributed by atoms with Crippen LogP contribution in [0.5, 0.6) is 5.75 Å². The minimum Gasteiger partial charge on any atom is -0.480 e. The van der Waals surface area contributed by atoms with E-state index in [-0.39, 0.29) is 5.91 Å². The number of nitrogens with one attached hydrogen (secondary N) is 1. The maximum atomic E-state index is 12.9. The molecule has 0 aliphatic rings. The fourth-order valence-corrected chi connectivity index (χ4v) is 3.66. The van der Waals surface area contributed by atoms with E-state index in [1.165, 1.54) is 0 Å². The van der Waals surface area contributed by atoms with Crippen molar-refractivity contribution in [2.45, 2.75) is 13.0 Å². The van der Waals surface area contributed by atoms with Crippen LogP contribution in [0.25, 0.3) is 27.7 Å². The maximum Gasteiger partial charge on any atom is 0.265 e. The van der Waals surface area contributed by atoms with Gasteiger partial charge in [0.1, 0.15) is 11.4 Å². The zero-order valence-corrected chi connectivity index (χ0v) is 17.0. The SMILES string of the molecule is CC(Oc1cccc2ccccc12)C(=O)Nc1ccccc1-c1cn2ccccc2n1. The Morgan fingerprint density at radius 1 is 0.935 bits per heavy atom. The number of nitrogens with zero attached hydrogens (tertiary/aromatic N) is 2. The van der Waals surface area contributed by atoms with Crippen LogP contribution >= 0.6 is 0 Å². The van der Waals surface area contributed by atoms with E-state index in [1.54, 1.807) is 6.92 Å². The molecule has 1 unspecified atom stereocenters. The smallest absolute Gasteiger partial charge is 0.265 e. The van der Waals surface area contributed by atoms with Crippen LogP contribution in [0, 0.1) is 0 Å². The summed E-state index contributed by atoms with van der Waals surface area (Å²) in [5.41, 5.74) is 3.21.